The number of aryl methyl sites for hydroxylation is 2. The molecule has 0 fully saturated rings. The van der Waals surface area contributed by atoms with Gasteiger partial charge in [-0.25, -0.2) is 26.5 Å². The first-order chi connectivity index (χ1) is 17.1. The van der Waals surface area contributed by atoms with Crippen molar-refractivity contribution < 1.29 is 22.2 Å². The van der Waals surface area contributed by atoms with Crippen LogP contribution in [-0.4, -0.2) is 27.8 Å². The first-order valence-electron chi connectivity index (χ1n) is 11.7. The van der Waals surface area contributed by atoms with Crippen LogP contribution in [0.1, 0.15) is 41.4 Å². The Morgan fingerprint density at radius 3 is 2.53 bits per heavy atom. The fraction of sp³-hybridized carbons (Fsp3) is 0.346. The molecule has 36 heavy (non-hydrogen) atoms. The Hall–Kier alpha value is -3.11. The van der Waals surface area contributed by atoms with E-state index >= 15 is 0 Å². The third-order valence-corrected chi connectivity index (χ3v) is 8.78. The highest BCUT2D eigenvalue weighted by Crippen LogP contribution is 2.31. The molecule has 192 valence electrons. The SMILES string of the molecule is CN=S1(=O)NC(C(C)CCc2ccccc2)CCc2c1cn(C)c2C(=O)Nc1cc(F)c(F)c(F)c1. The van der Waals surface area contributed by atoms with Crippen LogP contribution in [0.2, 0.25) is 0 Å². The van der Waals surface area contributed by atoms with Gasteiger partial charge in [0.25, 0.3) is 5.91 Å². The maximum atomic E-state index is 13.9. The number of amides is 1. The summed E-state index contributed by atoms with van der Waals surface area (Å²) in [5.74, 6) is -4.87. The Labute approximate surface area is 209 Å². The molecule has 0 aliphatic carbocycles. The molecule has 2 aromatic carbocycles. The van der Waals surface area contributed by atoms with Gasteiger partial charge in [-0.2, -0.15) is 0 Å². The van der Waals surface area contributed by atoms with Crippen LogP contribution in [0, 0.1) is 23.4 Å². The molecule has 2 heterocycles. The highest BCUT2D eigenvalue weighted by atomic mass is 32.2. The molecule has 1 aliphatic heterocycles. The molecule has 1 aromatic heterocycles. The van der Waals surface area contributed by atoms with Gasteiger partial charge in [-0.1, -0.05) is 37.3 Å². The van der Waals surface area contributed by atoms with Gasteiger partial charge in [-0.05, 0) is 37.2 Å². The van der Waals surface area contributed by atoms with Crippen LogP contribution in [0.4, 0.5) is 18.9 Å². The fourth-order valence-electron chi connectivity index (χ4n) is 4.66. The normalized spacial score (nSPS) is 20.3. The second-order valence-corrected chi connectivity index (χ2v) is 11.2. The quantitative estimate of drug-likeness (QED) is 0.438. The van der Waals surface area contributed by atoms with E-state index in [-0.39, 0.29) is 23.3 Å². The standard InChI is InChI=1S/C26H29F3N4O2S/c1-16(9-10-17-7-5-4-6-8-17)22-12-11-19-23(36(35,30-2)32-22)15-33(3)25(19)26(34)31-18-13-20(27)24(29)21(28)14-18/h4-8,13-16,22H,9-12H2,1-3H3,(H,31,34)(H,30,32,35). The van der Waals surface area contributed by atoms with E-state index < -0.39 is 33.3 Å². The Balaban J connectivity index is 1.59. The maximum Gasteiger partial charge on any atom is 0.272 e. The molecule has 1 amide bonds. The lowest BCUT2D eigenvalue weighted by Crippen LogP contribution is -2.38. The molecule has 4 rings (SSSR count). The van der Waals surface area contributed by atoms with E-state index in [1.807, 2.05) is 18.2 Å². The van der Waals surface area contributed by atoms with Crippen molar-refractivity contribution in [3.63, 3.8) is 0 Å². The van der Waals surface area contributed by atoms with Crippen molar-refractivity contribution in [2.45, 2.75) is 43.5 Å². The van der Waals surface area contributed by atoms with Crippen LogP contribution >= 0.6 is 0 Å². The van der Waals surface area contributed by atoms with Gasteiger partial charge < -0.3 is 9.88 Å². The summed E-state index contributed by atoms with van der Waals surface area (Å²) in [6.07, 6.45) is 4.46. The summed E-state index contributed by atoms with van der Waals surface area (Å²) in [4.78, 5) is 13.6. The Bertz CT molecular complexity index is 1370. The van der Waals surface area contributed by atoms with E-state index in [4.69, 9.17) is 0 Å². The topological polar surface area (TPSA) is 75.5 Å². The highest BCUT2D eigenvalue weighted by Gasteiger charge is 2.33. The number of hydrogen-bond acceptors (Lipinski definition) is 3. The summed E-state index contributed by atoms with van der Waals surface area (Å²) < 4.78 is 63.5. The van der Waals surface area contributed by atoms with Gasteiger partial charge in [0.2, 0.25) is 0 Å². The minimum Gasteiger partial charge on any atom is -0.345 e. The number of rotatable bonds is 6. The molecule has 0 bridgehead atoms. The minimum atomic E-state index is -3.02. The predicted molar refractivity (Wildman–Crippen MR) is 134 cm³/mol. The van der Waals surface area contributed by atoms with Crippen molar-refractivity contribution in [2.24, 2.45) is 17.3 Å². The van der Waals surface area contributed by atoms with Gasteiger partial charge >= 0.3 is 0 Å². The van der Waals surface area contributed by atoms with E-state index in [1.54, 1.807) is 13.2 Å². The number of fused-ring (bicyclic) bond motifs is 1. The van der Waals surface area contributed by atoms with Crippen LogP contribution in [-0.2, 0) is 29.8 Å². The van der Waals surface area contributed by atoms with Crippen molar-refractivity contribution in [3.8, 4) is 0 Å². The van der Waals surface area contributed by atoms with Crippen LogP contribution in [0.3, 0.4) is 0 Å². The van der Waals surface area contributed by atoms with Gasteiger partial charge in [0.15, 0.2) is 17.5 Å². The number of carbonyl (C=O) groups excluding carboxylic acids is 1. The summed E-state index contributed by atoms with van der Waals surface area (Å²) in [7, 11) is 0.0854. The average Bonchev–Trinajstić information content (AvgIpc) is 3.13. The molecule has 0 saturated carbocycles. The van der Waals surface area contributed by atoms with Gasteiger partial charge in [-0.3, -0.25) is 4.79 Å². The summed E-state index contributed by atoms with van der Waals surface area (Å²) in [6.45, 7) is 2.11. The number of nitrogens with one attached hydrogen (secondary N) is 2. The molecule has 2 N–H and O–H groups in total. The number of halogens is 3. The summed E-state index contributed by atoms with van der Waals surface area (Å²) in [5, 5.41) is 2.43. The summed E-state index contributed by atoms with van der Waals surface area (Å²) >= 11 is 0. The predicted octanol–water partition coefficient (Wildman–Crippen LogP) is 5.24. The lowest BCUT2D eigenvalue weighted by atomic mass is 9.91. The number of benzene rings is 2. The van der Waals surface area contributed by atoms with E-state index in [0.29, 0.717) is 35.4 Å². The molecular weight excluding hydrogens is 489 g/mol. The zero-order valence-corrected chi connectivity index (χ0v) is 21.2. The van der Waals surface area contributed by atoms with Crippen LogP contribution in [0.5, 0.6) is 0 Å². The summed E-state index contributed by atoms with van der Waals surface area (Å²) in [6, 6.07) is 11.5. The zero-order chi connectivity index (χ0) is 26.0. The second-order valence-electron chi connectivity index (χ2n) is 9.11. The largest absolute Gasteiger partial charge is 0.345 e. The van der Waals surface area contributed by atoms with E-state index in [1.165, 1.54) is 17.2 Å². The van der Waals surface area contributed by atoms with Gasteiger partial charge in [0, 0.05) is 49.7 Å². The third kappa shape index (κ3) is 5.19. The number of anilines is 1. The van der Waals surface area contributed by atoms with Crippen molar-refractivity contribution in [3.05, 3.63) is 82.9 Å². The molecule has 6 nitrogen and oxygen atoms in total. The molecule has 1 aliphatic rings. The lowest BCUT2D eigenvalue weighted by molar-refractivity contribution is 0.101. The van der Waals surface area contributed by atoms with Crippen molar-refractivity contribution in [1.29, 1.82) is 0 Å². The van der Waals surface area contributed by atoms with Gasteiger partial charge in [0.05, 0.1) is 4.90 Å². The zero-order valence-electron chi connectivity index (χ0n) is 20.4. The average molecular weight is 519 g/mol. The van der Waals surface area contributed by atoms with Gasteiger partial charge in [0.1, 0.15) is 15.6 Å². The van der Waals surface area contributed by atoms with Crippen molar-refractivity contribution >= 4 is 21.5 Å². The van der Waals surface area contributed by atoms with Crippen LogP contribution < -0.4 is 10.0 Å². The molecule has 0 spiro atoms. The second kappa shape index (κ2) is 10.5. The smallest absolute Gasteiger partial charge is 0.272 e. The number of carbonyl (C=O) groups is 1. The van der Waals surface area contributed by atoms with E-state index in [2.05, 4.69) is 33.5 Å². The fourth-order valence-corrected chi connectivity index (χ4v) is 6.69. The monoisotopic (exact) mass is 518 g/mol. The molecule has 3 atom stereocenters. The first-order valence-corrected chi connectivity index (χ1v) is 13.2. The maximum absolute atomic E-state index is 13.9. The number of aromatic nitrogens is 1. The molecule has 0 radical (unpaired) electrons. The molecule has 0 saturated heterocycles. The molecule has 3 unspecified atom stereocenters. The summed E-state index contributed by atoms with van der Waals surface area (Å²) in [5.41, 5.74) is 1.80. The van der Waals surface area contributed by atoms with E-state index in [0.717, 1.165) is 12.8 Å². The van der Waals surface area contributed by atoms with Gasteiger partial charge in [-0.15, -0.1) is 0 Å². The third-order valence-electron chi connectivity index (χ3n) is 6.69. The van der Waals surface area contributed by atoms with Crippen molar-refractivity contribution in [1.82, 2.24) is 9.29 Å². The van der Waals surface area contributed by atoms with Crippen LogP contribution in [0.25, 0.3) is 0 Å². The minimum absolute atomic E-state index is 0.0983. The highest BCUT2D eigenvalue weighted by molar-refractivity contribution is 7.91. The molecule has 3 aromatic rings. The van der Waals surface area contributed by atoms with E-state index in [9.17, 15) is 22.2 Å². The Kier molecular flexibility index (Phi) is 7.56. The van der Waals surface area contributed by atoms with Crippen LogP contribution in [0.15, 0.2) is 57.9 Å². The molecule has 10 heteroatoms. The Morgan fingerprint density at radius 1 is 1.22 bits per heavy atom. The number of nitrogens with zero attached hydrogens (tertiary/aromatic N) is 2. The van der Waals surface area contributed by atoms with Crippen molar-refractivity contribution in [2.75, 3.05) is 12.4 Å². The Morgan fingerprint density at radius 2 is 1.89 bits per heavy atom. The lowest BCUT2D eigenvalue weighted by Gasteiger charge is -2.24. The first kappa shape index (κ1) is 26.0. The molecular formula is C26H29F3N4O2S. The number of hydrogen-bond donors (Lipinski definition) is 2.